The van der Waals surface area contributed by atoms with Crippen molar-refractivity contribution < 1.29 is 9.68 Å². The third-order valence-electron chi connectivity index (χ3n) is 1.39. The molecule has 0 unspecified atom stereocenters. The molecule has 0 fully saturated rings. The van der Waals surface area contributed by atoms with E-state index >= 15 is 0 Å². The Bertz CT molecular complexity index is 158. The van der Waals surface area contributed by atoms with Gasteiger partial charge in [-0.05, 0) is 6.92 Å². The monoisotopic (exact) mass is 126 g/mol. The van der Waals surface area contributed by atoms with Crippen LogP contribution in [0, 0.1) is 0 Å². The molecule has 50 valence electrons. The normalized spacial score (nSPS) is 17.6. The fraction of sp³-hybridized carbons (Fsp3) is 0.571. The highest BCUT2D eigenvalue weighted by Gasteiger charge is 2.07. The summed E-state index contributed by atoms with van der Waals surface area (Å²) in [7, 11) is 0. The van der Waals surface area contributed by atoms with E-state index in [0.717, 1.165) is 13.0 Å². The van der Waals surface area contributed by atoms with Gasteiger partial charge in [0.05, 0.1) is 6.42 Å². The van der Waals surface area contributed by atoms with Crippen molar-refractivity contribution in [3.05, 3.63) is 11.8 Å². The van der Waals surface area contributed by atoms with Crippen molar-refractivity contribution in [3.8, 4) is 0 Å². The first-order valence-electron chi connectivity index (χ1n) is 3.20. The van der Waals surface area contributed by atoms with E-state index in [1.165, 1.54) is 5.57 Å². The van der Waals surface area contributed by atoms with Crippen LogP contribution in [0.5, 0.6) is 0 Å². The van der Waals surface area contributed by atoms with Crippen LogP contribution in [0.3, 0.4) is 0 Å². The predicted molar refractivity (Wildman–Crippen MR) is 36.7 cm³/mol. The van der Waals surface area contributed by atoms with Gasteiger partial charge in [0.25, 0.3) is 0 Å². The van der Waals surface area contributed by atoms with Gasteiger partial charge < -0.3 is 5.11 Å². The minimum Gasteiger partial charge on any atom is -0.390 e. The van der Waals surface area contributed by atoms with Crippen LogP contribution in [-0.4, -0.2) is 29.0 Å². The summed E-state index contributed by atoms with van der Waals surface area (Å²) in [5.74, 6) is 0. The second-order valence-corrected chi connectivity index (χ2v) is 2.32. The second kappa shape index (κ2) is 2.78. The minimum atomic E-state index is 0.236. The zero-order valence-electron chi connectivity index (χ0n) is 5.67. The van der Waals surface area contributed by atoms with Gasteiger partial charge >= 0.3 is 0 Å². The van der Waals surface area contributed by atoms with Crippen molar-refractivity contribution in [1.29, 1.82) is 0 Å². The molecule has 0 atom stereocenters. The van der Waals surface area contributed by atoms with E-state index in [-0.39, 0.29) is 6.61 Å². The van der Waals surface area contributed by atoms with E-state index in [2.05, 4.69) is 19.3 Å². The number of β-amino-alcohol motifs (C(OH)–C–C–N with tert-alkyl or cyclic N) is 1. The Morgan fingerprint density at radius 2 is 2.56 bits per heavy atom. The fourth-order valence-electron chi connectivity index (χ4n) is 0.921. The smallest absolute Gasteiger partial charge is 0.171 e. The summed E-state index contributed by atoms with van der Waals surface area (Å²) in [4.78, 5) is 0. The van der Waals surface area contributed by atoms with Crippen LogP contribution in [0.1, 0.15) is 13.3 Å². The predicted octanol–water partition coefficient (Wildman–Crippen LogP) is 0.370. The van der Waals surface area contributed by atoms with E-state index < -0.39 is 0 Å². The zero-order valence-corrected chi connectivity index (χ0v) is 5.67. The molecule has 0 aromatic rings. The first-order valence-corrected chi connectivity index (χ1v) is 3.20. The molecule has 2 heteroatoms. The highest BCUT2D eigenvalue weighted by molar-refractivity contribution is 5.57. The van der Waals surface area contributed by atoms with Crippen LogP contribution in [0.25, 0.3) is 0 Å². The SMILES string of the molecule is CC1=C[N+](CCO)=CC1. The first kappa shape index (κ1) is 6.49. The average molecular weight is 126 g/mol. The van der Waals surface area contributed by atoms with E-state index in [9.17, 15) is 0 Å². The van der Waals surface area contributed by atoms with Crippen LogP contribution >= 0.6 is 0 Å². The molecule has 0 saturated carbocycles. The molecule has 0 amide bonds. The molecular formula is C7H12NO+. The first-order chi connectivity index (χ1) is 4.33. The van der Waals surface area contributed by atoms with E-state index in [4.69, 9.17) is 5.11 Å². The molecule has 0 aliphatic carbocycles. The van der Waals surface area contributed by atoms with Crippen molar-refractivity contribution in [3.63, 3.8) is 0 Å². The summed E-state index contributed by atoms with van der Waals surface area (Å²) in [6.45, 7) is 3.06. The number of allylic oxidation sites excluding steroid dienone is 1. The van der Waals surface area contributed by atoms with Crippen LogP contribution in [-0.2, 0) is 0 Å². The largest absolute Gasteiger partial charge is 0.390 e. The molecule has 0 radical (unpaired) electrons. The number of hydrogen-bond donors (Lipinski definition) is 1. The lowest BCUT2D eigenvalue weighted by molar-refractivity contribution is -0.452. The van der Waals surface area contributed by atoms with Crippen molar-refractivity contribution >= 4 is 6.21 Å². The maximum atomic E-state index is 8.52. The topological polar surface area (TPSA) is 23.2 Å². The van der Waals surface area contributed by atoms with Gasteiger partial charge in [0.15, 0.2) is 12.7 Å². The van der Waals surface area contributed by atoms with Crippen LogP contribution in [0.15, 0.2) is 11.8 Å². The van der Waals surface area contributed by atoms with Gasteiger partial charge in [-0.15, -0.1) is 0 Å². The number of hydrogen-bond acceptors (Lipinski definition) is 1. The van der Waals surface area contributed by atoms with Gasteiger partial charge in [0.2, 0.25) is 0 Å². The van der Waals surface area contributed by atoms with Crippen LogP contribution < -0.4 is 0 Å². The van der Waals surface area contributed by atoms with Crippen molar-refractivity contribution in [2.24, 2.45) is 0 Å². The Morgan fingerprint density at radius 1 is 1.78 bits per heavy atom. The molecule has 0 aromatic carbocycles. The summed E-state index contributed by atoms with van der Waals surface area (Å²) in [5.41, 5.74) is 1.36. The molecule has 0 aromatic heterocycles. The highest BCUT2D eigenvalue weighted by Crippen LogP contribution is 2.03. The van der Waals surface area contributed by atoms with Gasteiger partial charge in [-0.25, -0.2) is 4.58 Å². The standard InChI is InChI=1S/C7H12NO/c1-7-2-3-8(6-7)4-5-9/h3,6,9H,2,4-5H2,1H3/q+1. The van der Waals surface area contributed by atoms with Gasteiger partial charge in [0, 0.05) is 5.57 Å². The van der Waals surface area contributed by atoms with Gasteiger partial charge in [-0.1, -0.05) is 0 Å². The maximum Gasteiger partial charge on any atom is 0.171 e. The minimum absolute atomic E-state index is 0.236. The van der Waals surface area contributed by atoms with Gasteiger partial charge in [0.1, 0.15) is 12.8 Å². The average Bonchev–Trinajstić information content (AvgIpc) is 2.17. The zero-order chi connectivity index (χ0) is 6.69. The fourth-order valence-corrected chi connectivity index (χ4v) is 0.921. The third-order valence-corrected chi connectivity index (χ3v) is 1.39. The molecular weight excluding hydrogens is 114 g/mol. The van der Waals surface area contributed by atoms with Crippen LogP contribution in [0.2, 0.25) is 0 Å². The van der Waals surface area contributed by atoms with E-state index in [0.29, 0.717) is 0 Å². The summed E-state index contributed by atoms with van der Waals surface area (Å²) < 4.78 is 2.02. The number of aliphatic hydroxyl groups is 1. The Morgan fingerprint density at radius 3 is 3.00 bits per heavy atom. The molecule has 0 spiro atoms. The quantitative estimate of drug-likeness (QED) is 0.531. The Balaban J connectivity index is 2.43. The van der Waals surface area contributed by atoms with Gasteiger partial charge in [-0.2, -0.15) is 0 Å². The van der Waals surface area contributed by atoms with Crippen molar-refractivity contribution in [2.75, 3.05) is 13.2 Å². The Labute approximate surface area is 55.1 Å². The number of rotatable bonds is 2. The molecule has 1 heterocycles. The Kier molecular flexibility index (Phi) is 2.01. The lowest BCUT2D eigenvalue weighted by Gasteiger charge is -1.86. The number of aliphatic hydroxyl groups excluding tert-OH is 1. The summed E-state index contributed by atoms with van der Waals surface area (Å²) in [6, 6.07) is 0. The summed E-state index contributed by atoms with van der Waals surface area (Å²) in [6.07, 6.45) is 5.20. The highest BCUT2D eigenvalue weighted by atomic mass is 16.3. The second-order valence-electron chi connectivity index (χ2n) is 2.32. The molecule has 9 heavy (non-hydrogen) atoms. The summed E-state index contributed by atoms with van der Waals surface area (Å²) >= 11 is 0. The number of nitrogens with zero attached hydrogens (tertiary/aromatic N) is 1. The van der Waals surface area contributed by atoms with Gasteiger partial charge in [-0.3, -0.25) is 0 Å². The summed E-state index contributed by atoms with van der Waals surface area (Å²) in [5, 5.41) is 8.52. The third kappa shape index (κ3) is 1.64. The molecule has 1 aliphatic heterocycles. The Hall–Kier alpha value is -0.630. The van der Waals surface area contributed by atoms with Crippen molar-refractivity contribution in [2.45, 2.75) is 13.3 Å². The molecule has 2 nitrogen and oxygen atoms in total. The lowest BCUT2D eigenvalue weighted by atomic mass is 10.3. The molecule has 0 saturated heterocycles. The molecule has 1 aliphatic rings. The molecule has 0 bridgehead atoms. The lowest BCUT2D eigenvalue weighted by Crippen LogP contribution is -2.07. The maximum absolute atomic E-state index is 8.52. The molecule has 1 N–H and O–H groups in total. The van der Waals surface area contributed by atoms with E-state index in [1.54, 1.807) is 0 Å². The van der Waals surface area contributed by atoms with Crippen LogP contribution in [0.4, 0.5) is 0 Å². The van der Waals surface area contributed by atoms with E-state index in [1.807, 2.05) is 4.58 Å². The van der Waals surface area contributed by atoms with Crippen molar-refractivity contribution in [1.82, 2.24) is 0 Å². The molecule has 1 rings (SSSR count).